The highest BCUT2D eigenvalue weighted by molar-refractivity contribution is 9.10. The summed E-state index contributed by atoms with van der Waals surface area (Å²) in [6, 6.07) is 5.09. The maximum atomic E-state index is 13.0. The molecule has 3 nitrogen and oxygen atoms in total. The van der Waals surface area contributed by atoms with Crippen molar-refractivity contribution in [2.45, 2.75) is 0 Å². The average Bonchev–Trinajstić information content (AvgIpc) is 1.95. The molecule has 6 heteroatoms. The Morgan fingerprint density at radius 2 is 2.23 bits per heavy atom. The minimum Gasteiger partial charge on any atom is -0.280 e. The lowest BCUT2D eigenvalue weighted by molar-refractivity contribution is 0.603. The van der Waals surface area contributed by atoms with Crippen molar-refractivity contribution >= 4 is 31.6 Å². The summed E-state index contributed by atoms with van der Waals surface area (Å²) in [7, 11) is -3.46. The Labute approximate surface area is 84.1 Å². The van der Waals surface area contributed by atoms with Crippen molar-refractivity contribution in [3.05, 3.63) is 28.5 Å². The van der Waals surface area contributed by atoms with Crippen molar-refractivity contribution in [2.75, 3.05) is 11.0 Å². The van der Waals surface area contributed by atoms with Crippen molar-refractivity contribution in [1.82, 2.24) is 0 Å². The summed E-state index contributed by atoms with van der Waals surface area (Å²) in [5.74, 6) is -0.643. The highest BCUT2D eigenvalue weighted by Gasteiger charge is 2.10. The van der Waals surface area contributed by atoms with Gasteiger partial charge in [0.2, 0.25) is 10.0 Å². The van der Waals surface area contributed by atoms with E-state index in [1.54, 1.807) is 0 Å². The van der Waals surface area contributed by atoms with Crippen LogP contribution in [0, 0.1) is 11.9 Å². The molecule has 0 unspecified atom stereocenters. The molecule has 0 saturated heterocycles. The first-order valence-electron chi connectivity index (χ1n) is 3.23. The zero-order valence-electron chi connectivity index (χ0n) is 6.64. The minimum absolute atomic E-state index is 0.120. The Hall–Kier alpha value is -0.620. The molecule has 1 radical (unpaired) electrons. The number of hydrogen-bond donors (Lipinski definition) is 1. The van der Waals surface area contributed by atoms with Crippen LogP contribution in [-0.2, 0) is 10.0 Å². The van der Waals surface area contributed by atoms with Crippen molar-refractivity contribution in [3.8, 4) is 0 Å². The van der Waals surface area contributed by atoms with E-state index in [1.165, 1.54) is 6.07 Å². The van der Waals surface area contributed by atoms with E-state index in [4.69, 9.17) is 0 Å². The molecule has 1 aromatic rings. The molecule has 13 heavy (non-hydrogen) atoms. The van der Waals surface area contributed by atoms with Gasteiger partial charge in [0.1, 0.15) is 5.82 Å². The highest BCUT2D eigenvalue weighted by Crippen LogP contribution is 2.25. The first-order valence-corrected chi connectivity index (χ1v) is 5.92. The molecule has 1 aromatic carbocycles. The van der Waals surface area contributed by atoms with Gasteiger partial charge in [0.25, 0.3) is 0 Å². The number of sulfonamides is 1. The molecule has 0 saturated carbocycles. The molecule has 0 fully saturated rings. The van der Waals surface area contributed by atoms with E-state index in [9.17, 15) is 12.8 Å². The first kappa shape index (κ1) is 10.5. The summed E-state index contributed by atoms with van der Waals surface area (Å²) >= 11 is 2.98. The Morgan fingerprint density at radius 1 is 1.62 bits per heavy atom. The van der Waals surface area contributed by atoms with Gasteiger partial charge >= 0.3 is 0 Å². The molecule has 0 spiro atoms. The molecule has 71 valence electrons. The van der Waals surface area contributed by atoms with Crippen LogP contribution in [0.15, 0.2) is 16.6 Å². The van der Waals surface area contributed by atoms with Crippen LogP contribution in [0.3, 0.4) is 0 Å². The van der Waals surface area contributed by atoms with Crippen LogP contribution in [0.1, 0.15) is 0 Å². The van der Waals surface area contributed by atoms with Gasteiger partial charge in [0.05, 0.1) is 16.4 Å². The second-order valence-corrected chi connectivity index (χ2v) is 4.93. The molecule has 0 aliphatic rings. The van der Waals surface area contributed by atoms with Crippen molar-refractivity contribution in [3.63, 3.8) is 0 Å². The van der Waals surface area contributed by atoms with E-state index >= 15 is 0 Å². The third kappa shape index (κ3) is 2.96. The normalized spacial score (nSPS) is 11.3. The maximum absolute atomic E-state index is 13.0. The molecule has 0 aromatic heterocycles. The molecule has 0 amide bonds. The third-order valence-electron chi connectivity index (χ3n) is 1.19. The second-order valence-electron chi connectivity index (χ2n) is 2.39. The second kappa shape index (κ2) is 3.63. The summed E-state index contributed by atoms with van der Waals surface area (Å²) in [5.41, 5.74) is -0.120. The van der Waals surface area contributed by atoms with Gasteiger partial charge in [-0.2, -0.15) is 0 Å². The van der Waals surface area contributed by atoms with Gasteiger partial charge in [-0.15, -0.1) is 0 Å². The molecule has 0 aliphatic heterocycles. The minimum atomic E-state index is -3.46. The molecular weight excluding hydrogens is 261 g/mol. The summed E-state index contributed by atoms with van der Waals surface area (Å²) in [4.78, 5) is 0. The van der Waals surface area contributed by atoms with Gasteiger partial charge in [-0.05, 0) is 28.1 Å². The van der Waals surface area contributed by atoms with E-state index in [0.29, 0.717) is 0 Å². The lowest BCUT2D eigenvalue weighted by Gasteiger charge is -2.06. The SMILES string of the molecule is CS(=O)(=O)Nc1c(Br)[c]ccc1F. The lowest BCUT2D eigenvalue weighted by atomic mass is 10.3. The van der Waals surface area contributed by atoms with Gasteiger partial charge < -0.3 is 0 Å². The van der Waals surface area contributed by atoms with Crippen LogP contribution in [0.25, 0.3) is 0 Å². The van der Waals surface area contributed by atoms with Crippen LogP contribution in [0.4, 0.5) is 10.1 Å². The number of benzene rings is 1. The molecule has 0 heterocycles. The Morgan fingerprint density at radius 3 is 2.69 bits per heavy atom. The van der Waals surface area contributed by atoms with Crippen LogP contribution >= 0.6 is 15.9 Å². The van der Waals surface area contributed by atoms with E-state index in [1.807, 2.05) is 4.72 Å². The van der Waals surface area contributed by atoms with Crippen molar-refractivity contribution in [1.29, 1.82) is 0 Å². The van der Waals surface area contributed by atoms with Crippen molar-refractivity contribution in [2.24, 2.45) is 0 Å². The summed E-state index contributed by atoms with van der Waals surface area (Å²) in [6.07, 6.45) is 0.950. The number of nitrogens with one attached hydrogen (secondary N) is 1. The zero-order valence-corrected chi connectivity index (χ0v) is 9.04. The Kier molecular flexibility index (Phi) is 2.92. The van der Waals surface area contributed by atoms with Crippen LogP contribution in [0.2, 0.25) is 0 Å². The predicted octanol–water partition coefficient (Wildman–Crippen LogP) is 1.76. The maximum Gasteiger partial charge on any atom is 0.229 e. The highest BCUT2D eigenvalue weighted by atomic mass is 79.9. The van der Waals surface area contributed by atoms with E-state index < -0.39 is 15.8 Å². The summed E-state index contributed by atoms with van der Waals surface area (Å²) in [5, 5.41) is 0. The fraction of sp³-hybridized carbons (Fsp3) is 0.143. The standard InChI is InChI=1S/C7H6BrFNO2S/c1-13(11,12)10-7-5(8)3-2-4-6(7)9/h2,4,10H,1H3. The molecule has 1 rings (SSSR count). The van der Waals surface area contributed by atoms with Gasteiger partial charge in [-0.25, -0.2) is 12.8 Å². The van der Waals surface area contributed by atoms with Gasteiger partial charge in [-0.3, -0.25) is 4.72 Å². The largest absolute Gasteiger partial charge is 0.280 e. The molecular formula is C7H6BrFNO2S. The smallest absolute Gasteiger partial charge is 0.229 e. The van der Waals surface area contributed by atoms with Gasteiger partial charge in [-0.1, -0.05) is 6.07 Å². The Balaban J connectivity index is 3.15. The van der Waals surface area contributed by atoms with Crippen molar-refractivity contribution < 1.29 is 12.8 Å². The topological polar surface area (TPSA) is 46.2 Å². The van der Waals surface area contributed by atoms with E-state index in [2.05, 4.69) is 22.0 Å². The van der Waals surface area contributed by atoms with Crippen LogP contribution in [-0.4, -0.2) is 14.7 Å². The zero-order chi connectivity index (χ0) is 10.1. The summed E-state index contributed by atoms with van der Waals surface area (Å²) < 4.78 is 36.9. The summed E-state index contributed by atoms with van der Waals surface area (Å²) in [6.45, 7) is 0. The Bertz CT molecular complexity index is 398. The third-order valence-corrected chi connectivity index (χ3v) is 2.39. The van der Waals surface area contributed by atoms with Gasteiger partial charge in [0.15, 0.2) is 0 Å². The number of halogens is 2. The van der Waals surface area contributed by atoms with Crippen LogP contribution < -0.4 is 4.72 Å². The fourth-order valence-corrected chi connectivity index (χ4v) is 1.85. The molecule has 0 bridgehead atoms. The fourth-order valence-electron chi connectivity index (χ4n) is 0.727. The average molecular weight is 267 g/mol. The quantitative estimate of drug-likeness (QED) is 0.887. The first-order chi connectivity index (χ1) is 5.90. The number of rotatable bonds is 2. The molecule has 1 N–H and O–H groups in total. The molecule has 0 atom stereocenters. The van der Waals surface area contributed by atoms with Gasteiger partial charge in [0, 0.05) is 0 Å². The lowest BCUT2D eigenvalue weighted by Crippen LogP contribution is -2.11. The monoisotopic (exact) mass is 266 g/mol. The van der Waals surface area contributed by atoms with E-state index in [-0.39, 0.29) is 10.2 Å². The van der Waals surface area contributed by atoms with Crippen LogP contribution in [0.5, 0.6) is 0 Å². The number of hydrogen-bond acceptors (Lipinski definition) is 2. The predicted molar refractivity (Wildman–Crippen MR) is 51.4 cm³/mol. The van der Waals surface area contributed by atoms with E-state index in [0.717, 1.165) is 12.3 Å². The molecule has 0 aliphatic carbocycles. The number of anilines is 1.